The fourth-order valence-corrected chi connectivity index (χ4v) is 6.23. The Balaban J connectivity index is 1.51. The number of para-hydroxylation sites is 1. The number of nitrogens with zero attached hydrogens (tertiary/aromatic N) is 4. The van der Waals surface area contributed by atoms with Crippen molar-refractivity contribution in [1.82, 2.24) is 24.5 Å². The van der Waals surface area contributed by atoms with Crippen LogP contribution in [0, 0.1) is 6.92 Å². The van der Waals surface area contributed by atoms with Crippen molar-refractivity contribution in [2.24, 2.45) is 0 Å². The Morgan fingerprint density at radius 3 is 2.54 bits per heavy atom. The molecule has 5 rings (SSSR count). The number of ether oxygens (including phenoxy) is 1. The molecule has 1 saturated heterocycles. The van der Waals surface area contributed by atoms with E-state index < -0.39 is 15.6 Å². The van der Waals surface area contributed by atoms with E-state index in [2.05, 4.69) is 20.3 Å². The molecule has 1 aliphatic rings. The molecule has 0 spiro atoms. The van der Waals surface area contributed by atoms with Crippen molar-refractivity contribution < 1.29 is 13.2 Å². The maximum absolute atomic E-state index is 12.8. The molecule has 1 aliphatic heterocycles. The van der Waals surface area contributed by atoms with E-state index in [1.54, 1.807) is 51.2 Å². The molecule has 0 unspecified atom stereocenters. The summed E-state index contributed by atoms with van der Waals surface area (Å²) in [7, 11) is -3.70. The number of sulfonamides is 1. The maximum Gasteiger partial charge on any atom is 0.241 e. The van der Waals surface area contributed by atoms with Crippen LogP contribution < -0.4 is 15.4 Å². The second-order valence-corrected chi connectivity index (χ2v) is 12.7. The number of hydrogen-bond acceptors (Lipinski definition) is 8. The molecular formula is C27H32ClN7O3S. The van der Waals surface area contributed by atoms with Gasteiger partial charge in [-0.25, -0.2) is 22.8 Å². The van der Waals surface area contributed by atoms with E-state index in [1.165, 1.54) is 0 Å². The zero-order chi connectivity index (χ0) is 27.8. The van der Waals surface area contributed by atoms with Crippen molar-refractivity contribution in [1.29, 1.82) is 0 Å². The number of aromatic nitrogens is 4. The van der Waals surface area contributed by atoms with Crippen LogP contribution in [0.25, 0.3) is 11.0 Å². The van der Waals surface area contributed by atoms with Gasteiger partial charge in [-0.15, -0.1) is 0 Å². The smallest absolute Gasteiger partial charge is 0.241 e. The quantitative estimate of drug-likeness (QED) is 0.259. The second-order valence-electron chi connectivity index (χ2n) is 10.6. The minimum absolute atomic E-state index is 0.115. The minimum atomic E-state index is -3.70. The van der Waals surface area contributed by atoms with Gasteiger partial charge in [0.05, 0.1) is 27.0 Å². The monoisotopic (exact) mass is 569 g/mol. The molecule has 3 N–H and O–H groups in total. The first-order valence-electron chi connectivity index (χ1n) is 12.8. The van der Waals surface area contributed by atoms with Gasteiger partial charge in [0.2, 0.25) is 16.0 Å². The van der Waals surface area contributed by atoms with Crippen LogP contribution in [0.3, 0.4) is 0 Å². The van der Waals surface area contributed by atoms with Crippen molar-refractivity contribution in [2.45, 2.75) is 57.0 Å². The Morgan fingerprint density at radius 2 is 1.82 bits per heavy atom. The van der Waals surface area contributed by atoms with Crippen molar-refractivity contribution in [2.75, 3.05) is 23.8 Å². The van der Waals surface area contributed by atoms with Crippen LogP contribution in [0.5, 0.6) is 0 Å². The molecule has 2 aromatic heterocycles. The first-order chi connectivity index (χ1) is 18.5. The van der Waals surface area contributed by atoms with Crippen LogP contribution in [-0.4, -0.2) is 46.9 Å². The van der Waals surface area contributed by atoms with E-state index in [9.17, 15) is 8.42 Å². The molecular weight excluding hydrogens is 538 g/mol. The van der Waals surface area contributed by atoms with E-state index >= 15 is 0 Å². The molecule has 12 heteroatoms. The van der Waals surface area contributed by atoms with Gasteiger partial charge < -0.3 is 15.4 Å². The zero-order valence-electron chi connectivity index (χ0n) is 22.3. The predicted octanol–water partition coefficient (Wildman–Crippen LogP) is 5.70. The van der Waals surface area contributed by atoms with Gasteiger partial charge in [-0.1, -0.05) is 29.8 Å². The number of aryl methyl sites for hydroxylation is 1. The number of benzene rings is 2. The third-order valence-corrected chi connectivity index (χ3v) is 8.36. The van der Waals surface area contributed by atoms with Crippen LogP contribution in [0.2, 0.25) is 5.02 Å². The van der Waals surface area contributed by atoms with Crippen molar-refractivity contribution >= 4 is 55.8 Å². The van der Waals surface area contributed by atoms with Crippen LogP contribution in [-0.2, 0) is 14.8 Å². The highest BCUT2D eigenvalue weighted by Gasteiger charge is 2.24. The SMILES string of the molecule is Cc1cccc(Cl)c1Nc1nn(C2CCOCC2)c2nc(Nc3cccc(S(=O)(=O)NC(C)(C)C)c3)ncc12. The van der Waals surface area contributed by atoms with Crippen molar-refractivity contribution in [3.63, 3.8) is 0 Å². The fourth-order valence-electron chi connectivity index (χ4n) is 4.50. The number of rotatable bonds is 7. The molecule has 0 atom stereocenters. The summed E-state index contributed by atoms with van der Waals surface area (Å²) in [6.07, 6.45) is 3.34. The van der Waals surface area contributed by atoms with Gasteiger partial charge in [0, 0.05) is 30.6 Å². The van der Waals surface area contributed by atoms with E-state index in [4.69, 9.17) is 26.4 Å². The Hall–Kier alpha value is -3.25. The summed E-state index contributed by atoms with van der Waals surface area (Å²) in [4.78, 5) is 9.47. The molecule has 0 bridgehead atoms. The zero-order valence-corrected chi connectivity index (χ0v) is 23.9. The van der Waals surface area contributed by atoms with E-state index in [0.29, 0.717) is 41.3 Å². The lowest BCUT2D eigenvalue weighted by atomic mass is 10.1. The van der Waals surface area contributed by atoms with Crippen LogP contribution >= 0.6 is 11.6 Å². The fraction of sp³-hybridized carbons (Fsp3) is 0.370. The molecule has 10 nitrogen and oxygen atoms in total. The Labute approximate surface area is 233 Å². The Bertz CT molecular complexity index is 1590. The lowest BCUT2D eigenvalue weighted by molar-refractivity contribution is 0.0674. The number of anilines is 4. The maximum atomic E-state index is 12.8. The number of nitrogens with one attached hydrogen (secondary N) is 3. The third-order valence-electron chi connectivity index (χ3n) is 6.29. The summed E-state index contributed by atoms with van der Waals surface area (Å²) in [5.41, 5.74) is 2.37. The van der Waals surface area contributed by atoms with Gasteiger partial charge in [-0.05, 0) is 70.4 Å². The summed E-state index contributed by atoms with van der Waals surface area (Å²) < 4.78 is 35.8. The highest BCUT2D eigenvalue weighted by molar-refractivity contribution is 7.89. The largest absolute Gasteiger partial charge is 0.381 e. The normalized spacial score (nSPS) is 15.0. The van der Waals surface area contributed by atoms with Gasteiger partial charge >= 0.3 is 0 Å². The summed E-state index contributed by atoms with van der Waals surface area (Å²) in [6.45, 7) is 8.68. The van der Waals surface area contributed by atoms with Gasteiger partial charge in [0.15, 0.2) is 11.5 Å². The lowest BCUT2D eigenvalue weighted by Gasteiger charge is -2.22. The van der Waals surface area contributed by atoms with Crippen LogP contribution in [0.15, 0.2) is 53.6 Å². The highest BCUT2D eigenvalue weighted by atomic mass is 35.5. The number of halogens is 1. The molecule has 0 radical (unpaired) electrons. The summed E-state index contributed by atoms with van der Waals surface area (Å²) in [5, 5.41) is 12.8. The van der Waals surface area contributed by atoms with E-state index in [1.807, 2.05) is 29.8 Å². The molecule has 0 saturated carbocycles. The van der Waals surface area contributed by atoms with Crippen LogP contribution in [0.4, 0.5) is 23.1 Å². The van der Waals surface area contributed by atoms with Crippen molar-refractivity contribution in [3.05, 3.63) is 59.2 Å². The van der Waals surface area contributed by atoms with E-state index in [-0.39, 0.29) is 10.9 Å². The standard InChI is InChI=1S/C27H32ClN7O3S/c1-17-7-5-10-22(28)23(17)31-24-21-16-29-26(32-25(21)35(33-24)19-11-13-38-14-12-19)30-18-8-6-9-20(15-18)39(36,37)34-27(2,3)4/h5-10,15-16,19,34H,11-14H2,1-4H3,(H,31,33)(H,29,30,32). The Kier molecular flexibility index (Phi) is 7.51. The van der Waals surface area contributed by atoms with Gasteiger partial charge in [0.25, 0.3) is 0 Å². The van der Waals surface area contributed by atoms with E-state index in [0.717, 1.165) is 29.5 Å². The summed E-state index contributed by atoms with van der Waals surface area (Å²) in [6, 6.07) is 12.4. The van der Waals surface area contributed by atoms with Crippen molar-refractivity contribution in [3.8, 4) is 0 Å². The van der Waals surface area contributed by atoms with Gasteiger partial charge in [0.1, 0.15) is 0 Å². The minimum Gasteiger partial charge on any atom is -0.381 e. The molecule has 2 aromatic carbocycles. The molecule has 3 heterocycles. The van der Waals surface area contributed by atoms with Gasteiger partial charge in [-0.2, -0.15) is 10.1 Å². The second kappa shape index (κ2) is 10.7. The summed E-state index contributed by atoms with van der Waals surface area (Å²) in [5.74, 6) is 0.940. The van der Waals surface area contributed by atoms with Crippen LogP contribution in [0.1, 0.15) is 45.2 Å². The molecule has 1 fully saturated rings. The lowest BCUT2D eigenvalue weighted by Crippen LogP contribution is -2.40. The average molecular weight is 570 g/mol. The highest BCUT2D eigenvalue weighted by Crippen LogP contribution is 2.34. The number of fused-ring (bicyclic) bond motifs is 1. The first-order valence-corrected chi connectivity index (χ1v) is 14.6. The Morgan fingerprint density at radius 1 is 1.08 bits per heavy atom. The predicted molar refractivity (Wildman–Crippen MR) is 154 cm³/mol. The molecule has 0 amide bonds. The third kappa shape index (κ3) is 6.17. The average Bonchev–Trinajstić information content (AvgIpc) is 3.23. The summed E-state index contributed by atoms with van der Waals surface area (Å²) >= 11 is 6.48. The molecule has 0 aliphatic carbocycles. The molecule has 39 heavy (non-hydrogen) atoms. The first kappa shape index (κ1) is 27.3. The molecule has 4 aromatic rings. The molecule has 206 valence electrons. The number of hydrogen-bond donors (Lipinski definition) is 3. The topological polar surface area (TPSA) is 123 Å². The van der Waals surface area contributed by atoms with Gasteiger partial charge in [-0.3, -0.25) is 0 Å².